The maximum atomic E-state index is 10.7. The third kappa shape index (κ3) is 3.25. The maximum Gasteiger partial charge on any atom is 0.358 e. The minimum absolute atomic E-state index is 0.102. The summed E-state index contributed by atoms with van der Waals surface area (Å²) in [5.74, 6) is 0.0800. The molecule has 0 amide bonds. The largest absolute Gasteiger partial charge is 0.492 e. The summed E-state index contributed by atoms with van der Waals surface area (Å²) in [6.07, 6.45) is 0. The van der Waals surface area contributed by atoms with E-state index >= 15 is 0 Å². The summed E-state index contributed by atoms with van der Waals surface area (Å²) in [4.78, 5) is 10.7. The van der Waals surface area contributed by atoms with Crippen molar-refractivity contribution < 1.29 is 19.2 Å². The monoisotopic (exact) mass is 262 g/mol. The summed E-state index contributed by atoms with van der Waals surface area (Å²) in [5, 5.41) is 15.3. The van der Waals surface area contributed by atoms with Crippen LogP contribution in [0, 0.1) is 0 Å². The first-order valence-electron chi connectivity index (χ1n) is 5.85. The first-order chi connectivity index (χ1) is 9.20. The molecule has 6 heteroatoms. The highest BCUT2D eigenvalue weighted by Gasteiger charge is 2.11. The molecule has 2 aromatic rings. The van der Waals surface area contributed by atoms with E-state index in [0.717, 1.165) is 11.4 Å². The van der Waals surface area contributed by atoms with Gasteiger partial charge >= 0.3 is 5.97 Å². The van der Waals surface area contributed by atoms with Gasteiger partial charge in [-0.1, -0.05) is 17.3 Å². The molecule has 2 N–H and O–H groups in total. The van der Waals surface area contributed by atoms with Gasteiger partial charge in [0.2, 0.25) is 0 Å². The van der Waals surface area contributed by atoms with Crippen molar-refractivity contribution in [3.63, 3.8) is 0 Å². The van der Waals surface area contributed by atoms with Gasteiger partial charge in [-0.05, 0) is 19.1 Å². The van der Waals surface area contributed by atoms with Gasteiger partial charge in [-0.3, -0.25) is 0 Å². The lowest BCUT2D eigenvalue weighted by Gasteiger charge is -2.10. The molecule has 0 aliphatic heterocycles. The van der Waals surface area contributed by atoms with Gasteiger partial charge in [-0.25, -0.2) is 4.79 Å². The summed E-state index contributed by atoms with van der Waals surface area (Å²) < 4.78 is 10.4. The third-order valence-electron chi connectivity index (χ3n) is 2.42. The van der Waals surface area contributed by atoms with Crippen LogP contribution in [-0.4, -0.2) is 22.8 Å². The Kier molecular flexibility index (Phi) is 4.02. The second kappa shape index (κ2) is 5.90. The van der Waals surface area contributed by atoms with E-state index in [1.165, 1.54) is 6.07 Å². The molecule has 1 heterocycles. The Hall–Kier alpha value is -2.50. The number of ether oxygens (including phenoxy) is 1. The van der Waals surface area contributed by atoms with Crippen LogP contribution >= 0.6 is 0 Å². The van der Waals surface area contributed by atoms with E-state index in [0.29, 0.717) is 18.9 Å². The number of carboxylic acid groups (broad SMARTS) is 1. The Bertz CT molecular complexity index is 565. The average Bonchev–Trinajstić information content (AvgIpc) is 2.87. The minimum atomic E-state index is -1.11. The predicted molar refractivity (Wildman–Crippen MR) is 68.4 cm³/mol. The van der Waals surface area contributed by atoms with Gasteiger partial charge in [0, 0.05) is 6.07 Å². The van der Waals surface area contributed by atoms with Crippen molar-refractivity contribution >= 4 is 11.7 Å². The molecule has 19 heavy (non-hydrogen) atoms. The number of aromatic carboxylic acids is 1. The first-order valence-corrected chi connectivity index (χ1v) is 5.85. The fraction of sp³-hybridized carbons (Fsp3) is 0.231. The second-order valence-electron chi connectivity index (χ2n) is 3.77. The summed E-state index contributed by atoms with van der Waals surface area (Å²) in [6, 6.07) is 8.88. The molecule has 2 rings (SSSR count). The summed E-state index contributed by atoms with van der Waals surface area (Å²) in [7, 11) is 0. The van der Waals surface area contributed by atoms with Gasteiger partial charge in [0.25, 0.3) is 0 Å². The third-order valence-corrected chi connectivity index (χ3v) is 2.42. The molecule has 0 aliphatic carbocycles. The molecule has 1 aromatic carbocycles. The highest BCUT2D eigenvalue weighted by atomic mass is 16.5. The normalized spacial score (nSPS) is 10.2. The number of carboxylic acids is 1. The molecule has 0 saturated carbocycles. The van der Waals surface area contributed by atoms with E-state index in [2.05, 4.69) is 10.5 Å². The maximum absolute atomic E-state index is 10.7. The van der Waals surface area contributed by atoms with E-state index in [9.17, 15) is 4.79 Å². The van der Waals surface area contributed by atoms with Crippen molar-refractivity contribution in [1.29, 1.82) is 0 Å². The van der Waals surface area contributed by atoms with Crippen LogP contribution in [0.5, 0.6) is 5.75 Å². The summed E-state index contributed by atoms with van der Waals surface area (Å²) in [5.41, 5.74) is 0.715. The Morgan fingerprint density at radius 2 is 2.26 bits per heavy atom. The molecule has 0 spiro atoms. The molecule has 100 valence electrons. The van der Waals surface area contributed by atoms with Crippen molar-refractivity contribution in [2.24, 2.45) is 0 Å². The van der Waals surface area contributed by atoms with E-state index in [-0.39, 0.29) is 5.69 Å². The number of hydrogen-bond donors (Lipinski definition) is 2. The number of para-hydroxylation sites is 2. The molecule has 0 bridgehead atoms. The molecule has 0 saturated heterocycles. The summed E-state index contributed by atoms with van der Waals surface area (Å²) in [6.45, 7) is 2.82. The van der Waals surface area contributed by atoms with Gasteiger partial charge in [0.05, 0.1) is 18.8 Å². The quantitative estimate of drug-likeness (QED) is 0.831. The van der Waals surface area contributed by atoms with Gasteiger partial charge in [-0.2, -0.15) is 0 Å². The van der Waals surface area contributed by atoms with Crippen LogP contribution < -0.4 is 10.1 Å². The molecule has 0 atom stereocenters. The lowest BCUT2D eigenvalue weighted by atomic mass is 10.3. The number of aromatic nitrogens is 1. The van der Waals surface area contributed by atoms with E-state index < -0.39 is 5.97 Å². The van der Waals surface area contributed by atoms with Crippen LogP contribution in [-0.2, 0) is 6.54 Å². The zero-order chi connectivity index (χ0) is 13.7. The fourth-order valence-electron chi connectivity index (χ4n) is 1.57. The standard InChI is InChI=1S/C13H14N2O4/c1-2-18-12-6-4-3-5-10(12)14-8-9-7-11(13(16)17)15-19-9/h3-7,14H,2,8H2,1H3,(H,16,17). The van der Waals surface area contributed by atoms with Crippen LogP contribution in [0.1, 0.15) is 23.2 Å². The highest BCUT2D eigenvalue weighted by Crippen LogP contribution is 2.24. The van der Waals surface area contributed by atoms with Crippen LogP contribution in [0.15, 0.2) is 34.9 Å². The highest BCUT2D eigenvalue weighted by molar-refractivity contribution is 5.85. The molecule has 1 aromatic heterocycles. The van der Waals surface area contributed by atoms with Gasteiger partial charge < -0.3 is 19.7 Å². The van der Waals surface area contributed by atoms with Gasteiger partial charge in [0.15, 0.2) is 11.5 Å². The van der Waals surface area contributed by atoms with E-state index in [4.69, 9.17) is 14.4 Å². The molecule has 0 radical (unpaired) electrons. The Morgan fingerprint density at radius 1 is 1.47 bits per heavy atom. The van der Waals surface area contributed by atoms with Crippen molar-refractivity contribution in [3.05, 3.63) is 41.8 Å². The number of hydrogen-bond acceptors (Lipinski definition) is 5. The zero-order valence-electron chi connectivity index (χ0n) is 10.4. The molecular formula is C13H14N2O4. The fourth-order valence-corrected chi connectivity index (χ4v) is 1.57. The van der Waals surface area contributed by atoms with Crippen LogP contribution in [0.2, 0.25) is 0 Å². The predicted octanol–water partition coefficient (Wildman–Crippen LogP) is 2.38. The summed E-state index contributed by atoms with van der Waals surface area (Å²) >= 11 is 0. The average molecular weight is 262 g/mol. The van der Waals surface area contributed by atoms with Gasteiger partial charge in [-0.15, -0.1) is 0 Å². The number of carbonyl (C=O) groups is 1. The Labute approximate surface area is 110 Å². The lowest BCUT2D eigenvalue weighted by molar-refractivity contribution is 0.0685. The first kappa shape index (κ1) is 12.9. The van der Waals surface area contributed by atoms with Crippen LogP contribution in [0.25, 0.3) is 0 Å². The number of benzene rings is 1. The van der Waals surface area contributed by atoms with Gasteiger partial charge in [0.1, 0.15) is 5.75 Å². The van der Waals surface area contributed by atoms with Crippen molar-refractivity contribution in [2.45, 2.75) is 13.5 Å². The SMILES string of the molecule is CCOc1ccccc1NCc1cc(C(=O)O)no1. The van der Waals surface area contributed by atoms with Crippen LogP contribution in [0.3, 0.4) is 0 Å². The Balaban J connectivity index is 2.03. The molecular weight excluding hydrogens is 248 g/mol. The molecule has 0 aliphatic rings. The topological polar surface area (TPSA) is 84.6 Å². The van der Waals surface area contributed by atoms with Crippen molar-refractivity contribution in [2.75, 3.05) is 11.9 Å². The van der Waals surface area contributed by atoms with Crippen molar-refractivity contribution in [1.82, 2.24) is 5.16 Å². The second-order valence-corrected chi connectivity index (χ2v) is 3.77. The molecule has 0 unspecified atom stereocenters. The van der Waals surface area contributed by atoms with Crippen molar-refractivity contribution in [3.8, 4) is 5.75 Å². The van der Waals surface area contributed by atoms with E-state index in [1.807, 2.05) is 31.2 Å². The zero-order valence-corrected chi connectivity index (χ0v) is 10.4. The lowest BCUT2D eigenvalue weighted by Crippen LogP contribution is -2.02. The number of nitrogens with one attached hydrogen (secondary N) is 1. The Morgan fingerprint density at radius 3 is 2.95 bits per heavy atom. The van der Waals surface area contributed by atoms with Crippen LogP contribution in [0.4, 0.5) is 5.69 Å². The molecule has 0 fully saturated rings. The number of anilines is 1. The number of rotatable bonds is 6. The smallest absolute Gasteiger partial charge is 0.358 e. The molecule has 6 nitrogen and oxygen atoms in total. The minimum Gasteiger partial charge on any atom is -0.492 e. The number of nitrogens with zero attached hydrogens (tertiary/aromatic N) is 1. The van der Waals surface area contributed by atoms with E-state index in [1.54, 1.807) is 0 Å².